The van der Waals surface area contributed by atoms with Gasteiger partial charge < -0.3 is 14.8 Å². The minimum Gasteiger partial charge on any atom is -0.496 e. The Morgan fingerprint density at radius 3 is 2.62 bits per heavy atom. The van der Waals surface area contributed by atoms with Crippen molar-refractivity contribution in [3.8, 4) is 17.1 Å². The molecule has 0 radical (unpaired) electrons. The Kier molecular flexibility index (Phi) is 5.52. The van der Waals surface area contributed by atoms with Crippen LogP contribution in [0.2, 0.25) is 0 Å². The van der Waals surface area contributed by atoms with Crippen LogP contribution in [0.3, 0.4) is 0 Å². The van der Waals surface area contributed by atoms with Crippen LogP contribution in [0.5, 0.6) is 5.75 Å². The van der Waals surface area contributed by atoms with Gasteiger partial charge in [0.15, 0.2) is 5.82 Å². The lowest BCUT2D eigenvalue weighted by molar-refractivity contribution is 0.181. The fraction of sp³-hybridized carbons (Fsp3) is 0.333. The molecule has 1 N–H and O–H groups in total. The molecule has 1 aromatic heterocycles. The second kappa shape index (κ2) is 7.38. The highest BCUT2D eigenvalue weighted by atomic mass is 79.9. The number of hydrogen-bond donors (Lipinski definition) is 1. The summed E-state index contributed by atoms with van der Waals surface area (Å²) in [5.41, 5.74) is 1.75. The maximum atomic E-state index is 5.24. The molecule has 112 valence electrons. The van der Waals surface area contributed by atoms with Crippen LogP contribution in [0.1, 0.15) is 12.6 Å². The van der Waals surface area contributed by atoms with Gasteiger partial charge in [-0.2, -0.15) is 0 Å². The second-order valence-electron chi connectivity index (χ2n) is 4.38. The first kappa shape index (κ1) is 15.7. The van der Waals surface area contributed by atoms with Crippen molar-refractivity contribution in [1.29, 1.82) is 0 Å². The number of halogens is 1. The largest absolute Gasteiger partial charge is 0.496 e. The normalized spacial score (nSPS) is 10.5. The number of nitrogens with zero attached hydrogens (tertiary/aromatic N) is 2. The predicted octanol–water partition coefficient (Wildman–Crippen LogP) is 3.49. The average molecular weight is 352 g/mol. The molecule has 0 aliphatic heterocycles. The minimum absolute atomic E-state index is 0.450. The van der Waals surface area contributed by atoms with Gasteiger partial charge in [0.25, 0.3) is 0 Å². The summed E-state index contributed by atoms with van der Waals surface area (Å²) in [7, 11) is 3.29. The Morgan fingerprint density at radius 2 is 2.00 bits per heavy atom. The number of anilines is 1. The molecule has 1 heterocycles. The van der Waals surface area contributed by atoms with Crippen molar-refractivity contribution in [2.75, 3.05) is 26.1 Å². The molecule has 0 saturated carbocycles. The zero-order valence-corrected chi connectivity index (χ0v) is 13.9. The van der Waals surface area contributed by atoms with Gasteiger partial charge >= 0.3 is 0 Å². The van der Waals surface area contributed by atoms with E-state index in [9.17, 15) is 0 Å². The highest BCUT2D eigenvalue weighted by Crippen LogP contribution is 2.29. The lowest BCUT2D eigenvalue weighted by Crippen LogP contribution is -2.04. The smallest absolute Gasteiger partial charge is 0.161 e. The molecular weight excluding hydrogens is 334 g/mol. The third-order valence-corrected chi connectivity index (χ3v) is 3.46. The highest BCUT2D eigenvalue weighted by Gasteiger charge is 2.09. The Bertz CT molecular complexity index is 596. The van der Waals surface area contributed by atoms with Gasteiger partial charge in [-0.1, -0.05) is 0 Å². The maximum Gasteiger partial charge on any atom is 0.161 e. The monoisotopic (exact) mass is 351 g/mol. The molecule has 21 heavy (non-hydrogen) atoms. The van der Waals surface area contributed by atoms with Gasteiger partial charge in [0, 0.05) is 25.3 Å². The van der Waals surface area contributed by atoms with E-state index in [1.807, 2.05) is 31.2 Å². The molecule has 0 bridgehead atoms. The average Bonchev–Trinajstić information content (AvgIpc) is 2.47. The van der Waals surface area contributed by atoms with Gasteiger partial charge in [0.05, 0.1) is 23.9 Å². The van der Waals surface area contributed by atoms with Crippen LogP contribution >= 0.6 is 15.9 Å². The summed E-state index contributed by atoms with van der Waals surface area (Å²) in [5, 5.41) is 3.21. The minimum atomic E-state index is 0.450. The van der Waals surface area contributed by atoms with Crippen LogP contribution < -0.4 is 10.1 Å². The topological polar surface area (TPSA) is 56.3 Å². The fourth-order valence-corrected chi connectivity index (χ4v) is 2.47. The van der Waals surface area contributed by atoms with Gasteiger partial charge in [-0.3, -0.25) is 0 Å². The van der Waals surface area contributed by atoms with Gasteiger partial charge in [0.1, 0.15) is 11.6 Å². The molecule has 5 nitrogen and oxygen atoms in total. The molecule has 0 fully saturated rings. The number of rotatable bonds is 6. The molecule has 2 aromatic rings. The van der Waals surface area contributed by atoms with Crippen molar-refractivity contribution in [2.45, 2.75) is 13.5 Å². The Balaban J connectivity index is 2.43. The van der Waals surface area contributed by atoms with Crippen LogP contribution in [0.4, 0.5) is 5.82 Å². The molecule has 0 atom stereocenters. The molecule has 0 saturated heterocycles. The number of nitrogens with one attached hydrogen (secondary N) is 1. The first-order valence-electron chi connectivity index (χ1n) is 6.62. The third-order valence-electron chi connectivity index (χ3n) is 2.84. The van der Waals surface area contributed by atoms with E-state index in [0.29, 0.717) is 12.4 Å². The molecule has 0 unspecified atom stereocenters. The van der Waals surface area contributed by atoms with Gasteiger partial charge in [0.2, 0.25) is 0 Å². The Hall–Kier alpha value is -1.66. The van der Waals surface area contributed by atoms with Crippen molar-refractivity contribution >= 4 is 21.7 Å². The van der Waals surface area contributed by atoms with Crippen molar-refractivity contribution in [2.24, 2.45) is 0 Å². The summed E-state index contributed by atoms with van der Waals surface area (Å²) in [6, 6.07) is 7.67. The van der Waals surface area contributed by atoms with Gasteiger partial charge in [-0.05, 0) is 41.1 Å². The summed E-state index contributed by atoms with van der Waals surface area (Å²) in [4.78, 5) is 9.07. The van der Waals surface area contributed by atoms with E-state index in [2.05, 4.69) is 31.2 Å². The summed E-state index contributed by atoms with van der Waals surface area (Å²) in [5.74, 6) is 2.23. The molecule has 0 amide bonds. The van der Waals surface area contributed by atoms with E-state index in [1.54, 1.807) is 14.2 Å². The number of ether oxygens (including phenoxy) is 2. The quantitative estimate of drug-likeness (QED) is 0.863. The summed E-state index contributed by atoms with van der Waals surface area (Å²) in [6.07, 6.45) is 0. The van der Waals surface area contributed by atoms with Crippen molar-refractivity contribution in [1.82, 2.24) is 9.97 Å². The van der Waals surface area contributed by atoms with Crippen LogP contribution in [0, 0.1) is 0 Å². The van der Waals surface area contributed by atoms with E-state index in [1.165, 1.54) is 0 Å². The SMILES string of the molecule is CCNc1cc(COC)nc(-c2ccc(OC)c(Br)c2)n1. The summed E-state index contributed by atoms with van der Waals surface area (Å²) in [6.45, 7) is 3.28. The number of benzene rings is 1. The second-order valence-corrected chi connectivity index (χ2v) is 5.24. The highest BCUT2D eigenvalue weighted by molar-refractivity contribution is 9.10. The van der Waals surface area contributed by atoms with E-state index in [4.69, 9.17) is 9.47 Å². The Labute approximate surface area is 132 Å². The van der Waals surface area contributed by atoms with Crippen molar-refractivity contribution in [3.63, 3.8) is 0 Å². The van der Waals surface area contributed by atoms with E-state index in [0.717, 1.165) is 33.8 Å². The van der Waals surface area contributed by atoms with E-state index >= 15 is 0 Å². The Morgan fingerprint density at radius 1 is 1.19 bits per heavy atom. The van der Waals surface area contributed by atoms with E-state index in [-0.39, 0.29) is 0 Å². The molecule has 1 aromatic carbocycles. The standard InChI is InChI=1S/C15H18BrN3O2/c1-4-17-14-8-11(9-20-2)18-15(19-14)10-5-6-13(21-3)12(16)7-10/h5-8H,4,9H2,1-3H3,(H,17,18,19). The fourth-order valence-electron chi connectivity index (χ4n) is 1.93. The van der Waals surface area contributed by atoms with Crippen LogP contribution in [0.15, 0.2) is 28.7 Å². The summed E-state index contributed by atoms with van der Waals surface area (Å²) < 4.78 is 11.3. The van der Waals surface area contributed by atoms with Crippen LogP contribution in [0.25, 0.3) is 11.4 Å². The van der Waals surface area contributed by atoms with Gasteiger partial charge in [-0.25, -0.2) is 9.97 Å². The number of aromatic nitrogens is 2. The maximum absolute atomic E-state index is 5.24. The molecular formula is C15H18BrN3O2. The van der Waals surface area contributed by atoms with Crippen LogP contribution in [-0.2, 0) is 11.3 Å². The molecule has 0 aliphatic rings. The molecule has 2 rings (SSSR count). The zero-order chi connectivity index (χ0) is 15.2. The zero-order valence-electron chi connectivity index (χ0n) is 12.3. The molecule has 0 spiro atoms. The molecule has 6 heteroatoms. The predicted molar refractivity (Wildman–Crippen MR) is 86.6 cm³/mol. The van der Waals surface area contributed by atoms with Gasteiger partial charge in [-0.15, -0.1) is 0 Å². The third kappa shape index (κ3) is 3.92. The van der Waals surface area contributed by atoms with Crippen LogP contribution in [-0.4, -0.2) is 30.7 Å². The summed E-state index contributed by atoms with van der Waals surface area (Å²) >= 11 is 3.48. The number of hydrogen-bond acceptors (Lipinski definition) is 5. The lowest BCUT2D eigenvalue weighted by Gasteiger charge is -2.10. The number of methoxy groups -OCH3 is 2. The lowest BCUT2D eigenvalue weighted by atomic mass is 10.2. The first-order valence-corrected chi connectivity index (χ1v) is 7.42. The van der Waals surface area contributed by atoms with Crippen molar-refractivity contribution < 1.29 is 9.47 Å². The first-order chi connectivity index (χ1) is 10.2. The van der Waals surface area contributed by atoms with E-state index < -0.39 is 0 Å². The van der Waals surface area contributed by atoms with Crippen molar-refractivity contribution in [3.05, 3.63) is 34.4 Å². The molecule has 0 aliphatic carbocycles.